The van der Waals surface area contributed by atoms with Crippen molar-refractivity contribution in [3.05, 3.63) is 108 Å². The summed E-state index contributed by atoms with van der Waals surface area (Å²) in [4.78, 5) is 20.5. The lowest BCUT2D eigenvalue weighted by atomic mass is 10.0. The first-order chi connectivity index (χ1) is 18.0. The number of aromatic nitrogens is 1. The van der Waals surface area contributed by atoms with Crippen LogP contribution in [-0.4, -0.2) is 27.4 Å². The molecule has 0 aliphatic carbocycles. The van der Waals surface area contributed by atoms with Gasteiger partial charge in [0.05, 0.1) is 11.7 Å². The van der Waals surface area contributed by atoms with Crippen LogP contribution in [0.1, 0.15) is 41.1 Å². The summed E-state index contributed by atoms with van der Waals surface area (Å²) < 4.78 is 6.34. The zero-order valence-electron chi connectivity index (χ0n) is 20.7. The van der Waals surface area contributed by atoms with E-state index in [0.29, 0.717) is 11.7 Å². The third-order valence-corrected chi connectivity index (χ3v) is 7.53. The fraction of sp³-hybridized carbons (Fsp3) is 0.207. The summed E-state index contributed by atoms with van der Waals surface area (Å²) in [7, 11) is 0. The number of hydrogen-bond acceptors (Lipinski definition) is 5. The number of carbonyl (C=O) groups is 1. The van der Waals surface area contributed by atoms with Gasteiger partial charge in [-0.05, 0) is 74.6 Å². The number of thiocarbonyl (C=S) groups is 1. The maximum atomic E-state index is 12.7. The molecule has 8 heteroatoms. The highest BCUT2D eigenvalue weighted by atomic mass is 32.2. The number of rotatable bonds is 8. The van der Waals surface area contributed by atoms with Crippen molar-refractivity contribution in [3.63, 3.8) is 0 Å². The second-order valence-electron chi connectivity index (χ2n) is 9.06. The second kappa shape index (κ2) is 11.2. The summed E-state index contributed by atoms with van der Waals surface area (Å²) in [5.74, 6) is 0.707. The standard InChI is InChI=1S/C29H28N4O2S2/c1-19-6-10-21(11-7-19)31-25(34)16-18-33-28(27(32-29(33)36)23-5-3-4-17-30-23)24-14-15-26(35-24)37-22-12-8-20(2)9-13-22/h3-15,17,27-28H,16,18H2,1-2H3,(H,31,34)(H,32,36)/t27-,28-/m0/s1. The molecule has 188 valence electrons. The number of nitrogens with zero attached hydrogens (tertiary/aromatic N) is 2. The lowest BCUT2D eigenvalue weighted by Gasteiger charge is -2.25. The minimum Gasteiger partial charge on any atom is -0.452 e. The van der Waals surface area contributed by atoms with Gasteiger partial charge in [-0.2, -0.15) is 0 Å². The van der Waals surface area contributed by atoms with Gasteiger partial charge in [0.15, 0.2) is 10.2 Å². The van der Waals surface area contributed by atoms with Crippen LogP contribution in [0.3, 0.4) is 0 Å². The third kappa shape index (κ3) is 6.03. The van der Waals surface area contributed by atoms with E-state index >= 15 is 0 Å². The molecule has 1 saturated heterocycles. The van der Waals surface area contributed by atoms with Crippen molar-refractivity contribution >= 4 is 40.7 Å². The Morgan fingerprint density at radius 2 is 1.76 bits per heavy atom. The predicted octanol–water partition coefficient (Wildman–Crippen LogP) is 6.44. The van der Waals surface area contributed by atoms with E-state index in [4.69, 9.17) is 16.6 Å². The van der Waals surface area contributed by atoms with Gasteiger partial charge in [0.1, 0.15) is 11.8 Å². The van der Waals surface area contributed by atoms with Crippen molar-refractivity contribution in [1.29, 1.82) is 0 Å². The van der Waals surface area contributed by atoms with E-state index in [1.54, 1.807) is 18.0 Å². The molecule has 1 aliphatic rings. The van der Waals surface area contributed by atoms with Crippen molar-refractivity contribution in [2.24, 2.45) is 0 Å². The molecule has 2 aromatic carbocycles. The highest BCUT2D eigenvalue weighted by Crippen LogP contribution is 2.41. The molecule has 0 unspecified atom stereocenters. The fourth-order valence-corrected chi connectivity index (χ4v) is 5.42. The molecule has 6 nitrogen and oxygen atoms in total. The zero-order valence-corrected chi connectivity index (χ0v) is 22.3. The first-order valence-electron chi connectivity index (χ1n) is 12.1. The summed E-state index contributed by atoms with van der Waals surface area (Å²) in [6.07, 6.45) is 2.06. The SMILES string of the molecule is Cc1ccc(NC(=O)CCN2C(=S)N[C@@H](c3ccccn3)[C@@H]2c2ccc(Sc3ccc(C)cc3)o2)cc1. The van der Waals surface area contributed by atoms with Gasteiger partial charge in [0.2, 0.25) is 5.91 Å². The summed E-state index contributed by atoms with van der Waals surface area (Å²) >= 11 is 7.30. The van der Waals surface area contributed by atoms with Gasteiger partial charge in [-0.15, -0.1) is 0 Å². The lowest BCUT2D eigenvalue weighted by Crippen LogP contribution is -2.32. The monoisotopic (exact) mass is 528 g/mol. The van der Waals surface area contributed by atoms with Crippen LogP contribution >= 0.6 is 24.0 Å². The third-order valence-electron chi connectivity index (χ3n) is 6.25. The molecule has 0 spiro atoms. The smallest absolute Gasteiger partial charge is 0.226 e. The van der Waals surface area contributed by atoms with Crippen LogP contribution in [0.15, 0.2) is 99.5 Å². The Kier molecular flexibility index (Phi) is 7.58. The van der Waals surface area contributed by atoms with Crippen LogP contribution in [0.4, 0.5) is 5.69 Å². The number of amides is 1. The number of anilines is 1. The first-order valence-corrected chi connectivity index (χ1v) is 13.4. The van der Waals surface area contributed by atoms with Crippen molar-refractivity contribution in [2.75, 3.05) is 11.9 Å². The van der Waals surface area contributed by atoms with Gasteiger partial charge >= 0.3 is 0 Å². The van der Waals surface area contributed by atoms with E-state index < -0.39 is 0 Å². The van der Waals surface area contributed by atoms with Gasteiger partial charge in [0.25, 0.3) is 0 Å². The molecule has 3 heterocycles. The normalized spacial score (nSPS) is 17.0. The molecule has 1 fully saturated rings. The Morgan fingerprint density at radius 3 is 2.46 bits per heavy atom. The van der Waals surface area contributed by atoms with E-state index in [1.807, 2.05) is 66.4 Å². The summed E-state index contributed by atoms with van der Waals surface area (Å²) in [5, 5.41) is 7.76. The van der Waals surface area contributed by atoms with Gasteiger partial charge in [-0.25, -0.2) is 0 Å². The highest BCUT2D eigenvalue weighted by Gasteiger charge is 2.41. The molecule has 2 atom stereocenters. The Labute approximate surface area is 226 Å². The molecule has 0 radical (unpaired) electrons. The van der Waals surface area contributed by atoms with Crippen LogP contribution in [0.5, 0.6) is 0 Å². The zero-order chi connectivity index (χ0) is 25.8. The molecular formula is C29H28N4O2S2. The average Bonchev–Trinajstić information content (AvgIpc) is 3.49. The van der Waals surface area contributed by atoms with Crippen molar-refractivity contribution in [1.82, 2.24) is 15.2 Å². The maximum Gasteiger partial charge on any atom is 0.226 e. The minimum atomic E-state index is -0.234. The van der Waals surface area contributed by atoms with E-state index in [2.05, 4.69) is 46.8 Å². The largest absolute Gasteiger partial charge is 0.452 e. The number of aryl methyl sites for hydroxylation is 2. The summed E-state index contributed by atoms with van der Waals surface area (Å²) in [6, 6.07) is 25.5. The molecule has 1 aliphatic heterocycles. The van der Waals surface area contributed by atoms with E-state index in [-0.39, 0.29) is 24.4 Å². The number of nitrogens with one attached hydrogen (secondary N) is 2. The van der Waals surface area contributed by atoms with Gasteiger partial charge in [-0.3, -0.25) is 9.78 Å². The molecule has 0 bridgehead atoms. The van der Waals surface area contributed by atoms with Crippen molar-refractivity contribution in [2.45, 2.75) is 42.3 Å². The first kappa shape index (κ1) is 25.0. The molecule has 5 rings (SSSR count). The molecule has 2 aromatic heterocycles. The van der Waals surface area contributed by atoms with Gasteiger partial charge in [0, 0.05) is 29.7 Å². The van der Waals surface area contributed by atoms with Gasteiger partial charge in [-0.1, -0.05) is 53.2 Å². The van der Waals surface area contributed by atoms with Crippen LogP contribution in [0.25, 0.3) is 0 Å². The predicted molar refractivity (Wildman–Crippen MR) is 151 cm³/mol. The molecule has 37 heavy (non-hydrogen) atoms. The topological polar surface area (TPSA) is 70.4 Å². The molecule has 2 N–H and O–H groups in total. The van der Waals surface area contributed by atoms with E-state index in [9.17, 15) is 4.79 Å². The van der Waals surface area contributed by atoms with E-state index in [0.717, 1.165) is 32.7 Å². The molecule has 0 saturated carbocycles. The van der Waals surface area contributed by atoms with E-state index in [1.165, 1.54) is 5.56 Å². The Bertz CT molecular complexity index is 1370. The summed E-state index contributed by atoms with van der Waals surface area (Å²) in [5.41, 5.74) is 4.01. The number of furan rings is 1. The van der Waals surface area contributed by atoms with Crippen LogP contribution in [0, 0.1) is 13.8 Å². The Balaban J connectivity index is 1.35. The Hall–Kier alpha value is -3.62. The fourth-order valence-electron chi connectivity index (χ4n) is 4.31. The van der Waals surface area contributed by atoms with Crippen LogP contribution in [-0.2, 0) is 4.79 Å². The number of carbonyl (C=O) groups excluding carboxylic acids is 1. The lowest BCUT2D eigenvalue weighted by molar-refractivity contribution is -0.116. The average molecular weight is 529 g/mol. The molecule has 1 amide bonds. The van der Waals surface area contributed by atoms with Crippen LogP contribution < -0.4 is 10.6 Å². The van der Waals surface area contributed by atoms with Crippen LogP contribution in [0.2, 0.25) is 0 Å². The quantitative estimate of drug-likeness (QED) is 0.255. The highest BCUT2D eigenvalue weighted by molar-refractivity contribution is 7.99. The minimum absolute atomic E-state index is 0.0678. The maximum absolute atomic E-state index is 12.7. The van der Waals surface area contributed by atoms with Gasteiger partial charge < -0.3 is 20.0 Å². The number of hydrogen-bond donors (Lipinski definition) is 2. The molecular weight excluding hydrogens is 500 g/mol. The number of pyridine rings is 1. The van der Waals surface area contributed by atoms with Crippen molar-refractivity contribution in [3.8, 4) is 0 Å². The number of benzene rings is 2. The second-order valence-corrected chi connectivity index (χ2v) is 10.5. The Morgan fingerprint density at radius 1 is 1.03 bits per heavy atom. The summed E-state index contributed by atoms with van der Waals surface area (Å²) in [6.45, 7) is 4.53. The molecule has 4 aromatic rings. The van der Waals surface area contributed by atoms with Crippen molar-refractivity contribution < 1.29 is 9.21 Å².